The minimum absolute atomic E-state index is 0.0136. The molecule has 120 valence electrons. The molecule has 23 heavy (non-hydrogen) atoms. The number of nitrogens with two attached hydrogens (primary N) is 1. The number of esters is 1. The molecular weight excluding hydrogens is 304 g/mol. The number of nitrogens with zero attached hydrogens (tertiary/aromatic N) is 2. The number of anilines is 2. The van der Waals surface area contributed by atoms with Gasteiger partial charge in [-0.05, 0) is 26.0 Å². The Morgan fingerprint density at radius 1 is 1.22 bits per heavy atom. The van der Waals surface area contributed by atoms with E-state index in [2.05, 4.69) is 20.3 Å². The van der Waals surface area contributed by atoms with Crippen LogP contribution in [-0.4, -0.2) is 35.0 Å². The molecule has 0 radical (unpaired) electrons. The second-order valence-electron chi connectivity index (χ2n) is 4.58. The van der Waals surface area contributed by atoms with Crippen molar-refractivity contribution in [3.8, 4) is 0 Å². The Labute approximate surface area is 130 Å². The summed E-state index contributed by atoms with van der Waals surface area (Å²) in [5.74, 6) is -1.35. The predicted octanol–water partition coefficient (Wildman–Crippen LogP) is 1.21. The van der Waals surface area contributed by atoms with Crippen LogP contribution in [0.4, 0.5) is 11.7 Å². The highest BCUT2D eigenvalue weighted by molar-refractivity contribution is 6.10. The van der Waals surface area contributed by atoms with E-state index in [-0.39, 0.29) is 40.1 Å². The number of carbonyl (C=O) groups is 3. The van der Waals surface area contributed by atoms with Crippen molar-refractivity contribution in [1.29, 1.82) is 0 Å². The highest BCUT2D eigenvalue weighted by atomic mass is 16.5. The van der Waals surface area contributed by atoms with Crippen LogP contribution >= 0.6 is 0 Å². The van der Waals surface area contributed by atoms with E-state index in [1.807, 2.05) is 0 Å². The molecule has 9 nitrogen and oxygen atoms in total. The second kappa shape index (κ2) is 6.26. The summed E-state index contributed by atoms with van der Waals surface area (Å²) in [4.78, 5) is 34.5. The number of ketones is 1. The Kier molecular flexibility index (Phi) is 4.39. The van der Waals surface area contributed by atoms with Crippen LogP contribution in [-0.2, 0) is 4.74 Å². The zero-order chi connectivity index (χ0) is 17.1. The molecule has 0 aliphatic heterocycles. The van der Waals surface area contributed by atoms with Crippen LogP contribution in [0.5, 0.6) is 0 Å². The summed E-state index contributed by atoms with van der Waals surface area (Å²) in [5.41, 5.74) is 5.38. The Morgan fingerprint density at radius 3 is 2.39 bits per heavy atom. The summed E-state index contributed by atoms with van der Waals surface area (Å²) in [6.07, 6.45) is 0. The molecule has 0 spiro atoms. The number of hydrogen-bond acceptors (Lipinski definition) is 8. The van der Waals surface area contributed by atoms with Gasteiger partial charge in [-0.25, -0.2) is 4.79 Å². The number of furan rings is 1. The summed E-state index contributed by atoms with van der Waals surface area (Å²) >= 11 is 0. The zero-order valence-corrected chi connectivity index (χ0v) is 12.7. The molecule has 2 heterocycles. The number of methoxy groups -OCH3 is 1. The summed E-state index contributed by atoms with van der Waals surface area (Å²) < 4.78 is 9.89. The number of nitrogens with one attached hydrogen (secondary N) is 1. The third kappa shape index (κ3) is 3.18. The first-order valence-electron chi connectivity index (χ1n) is 6.48. The number of carbonyl (C=O) groups excluding carboxylic acids is 3. The van der Waals surface area contributed by atoms with Crippen molar-refractivity contribution < 1.29 is 23.5 Å². The van der Waals surface area contributed by atoms with E-state index in [1.165, 1.54) is 26.2 Å². The van der Waals surface area contributed by atoms with Gasteiger partial charge in [0, 0.05) is 0 Å². The Balaban J connectivity index is 2.37. The lowest BCUT2D eigenvalue weighted by Crippen LogP contribution is -2.16. The standard InChI is InChI=1S/C14H14N4O5/c1-6(19)10-7(2)23-13(11(10)12(15)20)16-9-5-4-8(17-18-9)14(21)22-3/h4-5H,1-3H3,(H2,15,20)(H,16,18). The van der Waals surface area contributed by atoms with Crippen molar-refractivity contribution in [2.75, 3.05) is 12.4 Å². The van der Waals surface area contributed by atoms with Crippen molar-refractivity contribution in [1.82, 2.24) is 10.2 Å². The predicted molar refractivity (Wildman–Crippen MR) is 78.6 cm³/mol. The van der Waals surface area contributed by atoms with E-state index in [4.69, 9.17) is 10.2 Å². The fraction of sp³-hybridized carbons (Fsp3) is 0.214. The van der Waals surface area contributed by atoms with Gasteiger partial charge in [-0.1, -0.05) is 0 Å². The molecule has 2 rings (SSSR count). The van der Waals surface area contributed by atoms with Gasteiger partial charge in [-0.15, -0.1) is 10.2 Å². The Bertz CT molecular complexity index is 779. The van der Waals surface area contributed by atoms with Crippen molar-refractivity contribution in [3.63, 3.8) is 0 Å². The van der Waals surface area contributed by atoms with Crippen LogP contribution in [0.15, 0.2) is 16.5 Å². The van der Waals surface area contributed by atoms with E-state index in [9.17, 15) is 14.4 Å². The molecule has 3 N–H and O–H groups in total. The molecule has 0 saturated heterocycles. The molecule has 0 fully saturated rings. The van der Waals surface area contributed by atoms with E-state index >= 15 is 0 Å². The number of primary amides is 1. The monoisotopic (exact) mass is 318 g/mol. The van der Waals surface area contributed by atoms with Gasteiger partial charge < -0.3 is 20.2 Å². The van der Waals surface area contributed by atoms with Gasteiger partial charge in [-0.3, -0.25) is 9.59 Å². The van der Waals surface area contributed by atoms with Crippen molar-refractivity contribution in [2.24, 2.45) is 5.73 Å². The minimum Gasteiger partial charge on any atom is -0.464 e. The Hall–Kier alpha value is -3.23. The van der Waals surface area contributed by atoms with Gasteiger partial charge in [0.15, 0.2) is 17.3 Å². The maximum atomic E-state index is 11.6. The molecule has 0 bridgehead atoms. The second-order valence-corrected chi connectivity index (χ2v) is 4.58. The lowest BCUT2D eigenvalue weighted by Gasteiger charge is -2.04. The molecule has 0 aliphatic carbocycles. The van der Waals surface area contributed by atoms with E-state index < -0.39 is 11.9 Å². The number of aromatic nitrogens is 2. The average Bonchev–Trinajstić information content (AvgIpc) is 2.83. The molecule has 9 heteroatoms. The molecular formula is C14H14N4O5. The average molecular weight is 318 g/mol. The van der Waals surface area contributed by atoms with Gasteiger partial charge in [-0.2, -0.15) is 0 Å². The van der Waals surface area contributed by atoms with Gasteiger partial charge in [0.2, 0.25) is 5.88 Å². The highest BCUT2D eigenvalue weighted by Gasteiger charge is 2.25. The molecule has 0 unspecified atom stereocenters. The maximum absolute atomic E-state index is 11.6. The number of amides is 1. The van der Waals surface area contributed by atoms with E-state index in [0.717, 1.165) is 0 Å². The van der Waals surface area contributed by atoms with E-state index in [1.54, 1.807) is 6.92 Å². The fourth-order valence-corrected chi connectivity index (χ4v) is 2.02. The number of rotatable bonds is 5. The van der Waals surface area contributed by atoms with Crippen LogP contribution in [0.1, 0.15) is 43.9 Å². The number of Topliss-reactive ketones (excluding diaryl/α,β-unsaturated/α-hetero) is 1. The van der Waals surface area contributed by atoms with Crippen molar-refractivity contribution in [2.45, 2.75) is 13.8 Å². The van der Waals surface area contributed by atoms with Crippen LogP contribution in [0, 0.1) is 6.92 Å². The van der Waals surface area contributed by atoms with Gasteiger partial charge in [0.05, 0.1) is 12.7 Å². The lowest BCUT2D eigenvalue weighted by molar-refractivity contribution is 0.0592. The lowest BCUT2D eigenvalue weighted by atomic mass is 10.1. The third-order valence-electron chi connectivity index (χ3n) is 2.98. The van der Waals surface area contributed by atoms with Crippen LogP contribution < -0.4 is 11.1 Å². The maximum Gasteiger partial charge on any atom is 0.358 e. The van der Waals surface area contributed by atoms with Gasteiger partial charge >= 0.3 is 5.97 Å². The van der Waals surface area contributed by atoms with Crippen LogP contribution in [0.25, 0.3) is 0 Å². The first kappa shape index (κ1) is 16.1. The number of ether oxygens (including phenoxy) is 1. The normalized spacial score (nSPS) is 10.2. The number of hydrogen-bond donors (Lipinski definition) is 2. The van der Waals surface area contributed by atoms with Gasteiger partial charge in [0.25, 0.3) is 5.91 Å². The number of aryl methyl sites for hydroxylation is 1. The first-order chi connectivity index (χ1) is 10.8. The Morgan fingerprint density at radius 2 is 1.91 bits per heavy atom. The SMILES string of the molecule is COC(=O)c1ccc(Nc2oc(C)c(C(C)=O)c2C(N)=O)nn1. The van der Waals surface area contributed by atoms with Gasteiger partial charge in [0.1, 0.15) is 11.3 Å². The molecule has 0 atom stereocenters. The first-order valence-corrected chi connectivity index (χ1v) is 6.48. The molecule has 1 amide bonds. The summed E-state index contributed by atoms with van der Waals surface area (Å²) in [6, 6.07) is 2.82. The highest BCUT2D eigenvalue weighted by Crippen LogP contribution is 2.29. The summed E-state index contributed by atoms with van der Waals surface area (Å²) in [6.45, 7) is 2.85. The summed E-state index contributed by atoms with van der Waals surface area (Å²) in [5, 5.41) is 10.1. The molecule has 0 aromatic carbocycles. The molecule has 0 saturated carbocycles. The minimum atomic E-state index is -0.811. The third-order valence-corrected chi connectivity index (χ3v) is 2.98. The molecule has 0 aliphatic rings. The van der Waals surface area contributed by atoms with E-state index in [0.29, 0.717) is 0 Å². The molecule has 2 aromatic heterocycles. The van der Waals surface area contributed by atoms with Crippen molar-refractivity contribution >= 4 is 29.4 Å². The quantitative estimate of drug-likeness (QED) is 0.619. The zero-order valence-electron chi connectivity index (χ0n) is 12.7. The molecule has 2 aromatic rings. The van der Waals surface area contributed by atoms with Crippen LogP contribution in [0.3, 0.4) is 0 Å². The largest absolute Gasteiger partial charge is 0.464 e. The van der Waals surface area contributed by atoms with Crippen LogP contribution in [0.2, 0.25) is 0 Å². The smallest absolute Gasteiger partial charge is 0.358 e. The van der Waals surface area contributed by atoms with Crippen molar-refractivity contribution in [3.05, 3.63) is 34.7 Å². The fourth-order valence-electron chi connectivity index (χ4n) is 2.02. The topological polar surface area (TPSA) is 137 Å². The summed E-state index contributed by atoms with van der Waals surface area (Å²) in [7, 11) is 1.23.